The third-order valence-corrected chi connectivity index (χ3v) is 4.25. The van der Waals surface area contributed by atoms with Crippen LogP contribution in [0.2, 0.25) is 0 Å². The lowest BCUT2D eigenvalue weighted by Gasteiger charge is -2.06. The van der Waals surface area contributed by atoms with Crippen LogP contribution in [0.1, 0.15) is 5.82 Å². The lowest BCUT2D eigenvalue weighted by atomic mass is 10.2. The first kappa shape index (κ1) is 11.9. The van der Waals surface area contributed by atoms with Crippen LogP contribution in [0.5, 0.6) is 0 Å². The second kappa shape index (κ2) is 4.58. The van der Waals surface area contributed by atoms with E-state index in [4.69, 9.17) is 11.6 Å². The number of aromatic nitrogens is 3. The highest BCUT2D eigenvalue weighted by Crippen LogP contribution is 2.29. The van der Waals surface area contributed by atoms with Gasteiger partial charge in [-0.05, 0) is 17.5 Å². The molecule has 0 unspecified atom stereocenters. The molecule has 20 heavy (non-hydrogen) atoms. The van der Waals surface area contributed by atoms with Crippen molar-refractivity contribution in [1.82, 2.24) is 14.5 Å². The molecule has 0 N–H and O–H groups in total. The van der Waals surface area contributed by atoms with Gasteiger partial charge in [0.1, 0.15) is 11.3 Å². The van der Waals surface area contributed by atoms with Crippen LogP contribution in [0.25, 0.3) is 27.6 Å². The SMILES string of the molecule is ClCc1nc2cnc3ccccc3c2n1-c1ccsc1. The summed E-state index contributed by atoms with van der Waals surface area (Å²) < 4.78 is 2.13. The highest BCUT2D eigenvalue weighted by molar-refractivity contribution is 7.08. The molecule has 0 saturated heterocycles. The number of pyridine rings is 1. The molecule has 0 bridgehead atoms. The molecule has 0 fully saturated rings. The highest BCUT2D eigenvalue weighted by atomic mass is 35.5. The number of benzene rings is 1. The van der Waals surface area contributed by atoms with Crippen molar-refractivity contribution in [2.45, 2.75) is 5.88 Å². The highest BCUT2D eigenvalue weighted by Gasteiger charge is 2.15. The maximum absolute atomic E-state index is 6.07. The molecule has 0 aliphatic heterocycles. The van der Waals surface area contributed by atoms with Gasteiger partial charge in [-0.1, -0.05) is 18.2 Å². The number of hydrogen-bond acceptors (Lipinski definition) is 3. The van der Waals surface area contributed by atoms with E-state index in [1.54, 1.807) is 11.3 Å². The summed E-state index contributed by atoms with van der Waals surface area (Å²) in [4.78, 5) is 9.07. The van der Waals surface area contributed by atoms with Crippen molar-refractivity contribution < 1.29 is 0 Å². The van der Waals surface area contributed by atoms with Crippen molar-refractivity contribution in [3.05, 3.63) is 53.1 Å². The number of imidazole rings is 1. The zero-order valence-electron chi connectivity index (χ0n) is 10.5. The minimum absolute atomic E-state index is 0.374. The van der Waals surface area contributed by atoms with Gasteiger partial charge >= 0.3 is 0 Å². The van der Waals surface area contributed by atoms with Gasteiger partial charge in [0.2, 0.25) is 0 Å². The summed E-state index contributed by atoms with van der Waals surface area (Å²) >= 11 is 7.73. The Bertz CT molecular complexity index is 896. The number of nitrogens with zero attached hydrogens (tertiary/aromatic N) is 3. The predicted molar refractivity (Wildman–Crippen MR) is 83.8 cm³/mol. The molecule has 0 radical (unpaired) electrons. The van der Waals surface area contributed by atoms with E-state index in [0.717, 1.165) is 33.4 Å². The zero-order chi connectivity index (χ0) is 13.5. The van der Waals surface area contributed by atoms with Gasteiger partial charge in [-0.15, -0.1) is 11.6 Å². The van der Waals surface area contributed by atoms with E-state index in [9.17, 15) is 0 Å². The number of rotatable bonds is 2. The van der Waals surface area contributed by atoms with Crippen LogP contribution in [-0.4, -0.2) is 14.5 Å². The molecule has 0 aliphatic carbocycles. The molecule has 0 spiro atoms. The molecule has 5 heteroatoms. The van der Waals surface area contributed by atoms with E-state index >= 15 is 0 Å². The van der Waals surface area contributed by atoms with Crippen LogP contribution >= 0.6 is 22.9 Å². The van der Waals surface area contributed by atoms with Gasteiger partial charge in [-0.3, -0.25) is 9.55 Å². The Balaban J connectivity index is 2.21. The smallest absolute Gasteiger partial charge is 0.129 e. The molecular formula is C15H10ClN3S. The van der Waals surface area contributed by atoms with Gasteiger partial charge in [0.15, 0.2) is 0 Å². The fraction of sp³-hybridized carbons (Fsp3) is 0.0667. The van der Waals surface area contributed by atoms with Gasteiger partial charge in [0.25, 0.3) is 0 Å². The average Bonchev–Trinajstić information content (AvgIpc) is 3.13. The Morgan fingerprint density at radius 2 is 2.05 bits per heavy atom. The van der Waals surface area contributed by atoms with Crippen molar-refractivity contribution in [3.8, 4) is 5.69 Å². The summed E-state index contributed by atoms with van der Waals surface area (Å²) in [7, 11) is 0. The molecule has 1 aromatic carbocycles. The number of para-hydroxylation sites is 1. The summed E-state index contributed by atoms with van der Waals surface area (Å²) in [6.45, 7) is 0. The van der Waals surface area contributed by atoms with E-state index in [2.05, 4.69) is 37.4 Å². The van der Waals surface area contributed by atoms with Crippen LogP contribution in [0.15, 0.2) is 47.3 Å². The van der Waals surface area contributed by atoms with Gasteiger partial charge in [0.05, 0.1) is 28.8 Å². The lowest BCUT2D eigenvalue weighted by Crippen LogP contribution is -1.98. The average molecular weight is 300 g/mol. The predicted octanol–water partition coefficient (Wildman–Crippen LogP) is 4.37. The molecular weight excluding hydrogens is 290 g/mol. The first-order chi connectivity index (χ1) is 9.88. The minimum atomic E-state index is 0.374. The molecule has 0 saturated carbocycles. The monoisotopic (exact) mass is 299 g/mol. The molecule has 3 aromatic heterocycles. The largest absolute Gasteiger partial charge is 0.294 e. The van der Waals surface area contributed by atoms with Gasteiger partial charge in [-0.2, -0.15) is 11.3 Å². The van der Waals surface area contributed by atoms with E-state index < -0.39 is 0 Å². The normalized spacial score (nSPS) is 11.4. The number of hydrogen-bond donors (Lipinski definition) is 0. The van der Waals surface area contributed by atoms with Crippen LogP contribution in [-0.2, 0) is 5.88 Å². The Kier molecular flexibility index (Phi) is 2.72. The molecule has 0 amide bonds. The van der Waals surface area contributed by atoms with Crippen LogP contribution < -0.4 is 0 Å². The standard InChI is InChI=1S/C15H10ClN3S/c16-7-14-18-13-8-17-12-4-2-1-3-11(12)15(13)19(14)10-5-6-20-9-10/h1-6,8-9H,7H2. The number of alkyl halides is 1. The van der Waals surface area contributed by atoms with E-state index in [1.807, 2.05) is 24.4 Å². The van der Waals surface area contributed by atoms with E-state index in [0.29, 0.717) is 5.88 Å². The van der Waals surface area contributed by atoms with Crippen LogP contribution in [0.4, 0.5) is 0 Å². The van der Waals surface area contributed by atoms with Crippen molar-refractivity contribution in [1.29, 1.82) is 0 Å². The van der Waals surface area contributed by atoms with Crippen molar-refractivity contribution in [3.63, 3.8) is 0 Å². The molecule has 3 heterocycles. The number of thiophene rings is 1. The van der Waals surface area contributed by atoms with Crippen LogP contribution in [0, 0.1) is 0 Å². The Labute approximate surface area is 124 Å². The van der Waals surface area contributed by atoms with E-state index in [-0.39, 0.29) is 0 Å². The van der Waals surface area contributed by atoms with Gasteiger partial charge in [0, 0.05) is 10.8 Å². The molecule has 0 atom stereocenters. The fourth-order valence-electron chi connectivity index (χ4n) is 2.50. The summed E-state index contributed by atoms with van der Waals surface area (Å²) in [5.74, 6) is 1.22. The minimum Gasteiger partial charge on any atom is -0.294 e. The topological polar surface area (TPSA) is 30.7 Å². The molecule has 98 valence electrons. The molecule has 4 aromatic rings. The summed E-state index contributed by atoms with van der Waals surface area (Å²) in [6, 6.07) is 10.2. The lowest BCUT2D eigenvalue weighted by molar-refractivity contribution is 0.989. The maximum Gasteiger partial charge on any atom is 0.129 e. The zero-order valence-corrected chi connectivity index (χ0v) is 12.0. The molecule has 3 nitrogen and oxygen atoms in total. The van der Waals surface area contributed by atoms with Crippen LogP contribution in [0.3, 0.4) is 0 Å². The molecule has 4 rings (SSSR count). The van der Waals surface area contributed by atoms with E-state index in [1.165, 1.54) is 0 Å². The van der Waals surface area contributed by atoms with Crippen molar-refractivity contribution in [2.75, 3.05) is 0 Å². The quantitative estimate of drug-likeness (QED) is 0.514. The summed E-state index contributed by atoms with van der Waals surface area (Å²) in [6.07, 6.45) is 1.82. The first-order valence-corrected chi connectivity index (χ1v) is 7.70. The molecule has 0 aliphatic rings. The van der Waals surface area contributed by atoms with Crippen molar-refractivity contribution >= 4 is 44.9 Å². The van der Waals surface area contributed by atoms with Crippen molar-refractivity contribution in [2.24, 2.45) is 0 Å². The Morgan fingerprint density at radius 3 is 2.85 bits per heavy atom. The Morgan fingerprint density at radius 1 is 1.15 bits per heavy atom. The second-order valence-corrected chi connectivity index (χ2v) is 5.54. The second-order valence-electron chi connectivity index (χ2n) is 4.49. The maximum atomic E-state index is 6.07. The Hall–Kier alpha value is -1.91. The number of halogens is 1. The third kappa shape index (κ3) is 1.65. The number of fused-ring (bicyclic) bond motifs is 3. The summed E-state index contributed by atoms with van der Waals surface area (Å²) in [5.41, 5.74) is 4.03. The van der Waals surface area contributed by atoms with Gasteiger partial charge < -0.3 is 0 Å². The van der Waals surface area contributed by atoms with Gasteiger partial charge in [-0.25, -0.2) is 4.98 Å². The third-order valence-electron chi connectivity index (χ3n) is 3.34. The fourth-order valence-corrected chi connectivity index (χ4v) is 3.30. The first-order valence-electron chi connectivity index (χ1n) is 6.22. The summed E-state index contributed by atoms with van der Waals surface area (Å²) in [5, 5.41) is 5.26.